The molecule has 1 fully saturated rings. The fraction of sp³-hybridized carbons (Fsp3) is 0.478. The quantitative estimate of drug-likeness (QED) is 0.823. The summed E-state index contributed by atoms with van der Waals surface area (Å²) in [6.45, 7) is 4.41. The lowest BCUT2D eigenvalue weighted by atomic mass is 9.90. The van der Waals surface area contributed by atoms with E-state index in [0.717, 1.165) is 60.4 Å². The smallest absolute Gasteiger partial charge is 0.219 e. The third-order valence-electron chi connectivity index (χ3n) is 5.85. The van der Waals surface area contributed by atoms with Crippen LogP contribution in [-0.2, 0) is 11.3 Å². The van der Waals surface area contributed by atoms with Crippen molar-refractivity contribution in [3.63, 3.8) is 0 Å². The van der Waals surface area contributed by atoms with Gasteiger partial charge in [0.15, 0.2) is 0 Å². The maximum absolute atomic E-state index is 11.6. The van der Waals surface area contributed by atoms with Crippen LogP contribution in [0.25, 0.3) is 11.1 Å². The molecule has 150 valence electrons. The van der Waals surface area contributed by atoms with Crippen molar-refractivity contribution in [1.29, 1.82) is 0 Å². The predicted molar refractivity (Wildman–Crippen MR) is 112 cm³/mol. The molecule has 0 atom stereocenters. The minimum atomic E-state index is 0.156. The van der Waals surface area contributed by atoms with E-state index in [-0.39, 0.29) is 5.91 Å². The zero-order valence-corrected chi connectivity index (χ0v) is 17.4. The van der Waals surface area contributed by atoms with E-state index in [2.05, 4.69) is 28.5 Å². The zero-order chi connectivity index (χ0) is 20.1. The lowest BCUT2D eigenvalue weighted by molar-refractivity contribution is -0.130. The summed E-state index contributed by atoms with van der Waals surface area (Å²) in [5.41, 5.74) is 4.44. The van der Waals surface area contributed by atoms with E-state index in [1.165, 1.54) is 0 Å². The van der Waals surface area contributed by atoms with Gasteiger partial charge in [0.25, 0.3) is 0 Å². The normalized spacial score (nSPS) is 19.3. The van der Waals surface area contributed by atoms with Crippen molar-refractivity contribution < 1.29 is 9.53 Å². The molecule has 0 bridgehead atoms. The first-order chi connectivity index (χ1) is 13.5. The van der Waals surface area contributed by atoms with Gasteiger partial charge in [-0.1, -0.05) is 12.1 Å². The van der Waals surface area contributed by atoms with Gasteiger partial charge in [-0.2, -0.15) is 0 Å². The van der Waals surface area contributed by atoms with Crippen LogP contribution in [0.5, 0.6) is 5.75 Å². The fourth-order valence-corrected chi connectivity index (χ4v) is 3.91. The molecule has 0 unspecified atom stereocenters. The van der Waals surface area contributed by atoms with Crippen molar-refractivity contribution in [3.8, 4) is 16.9 Å². The fourth-order valence-electron chi connectivity index (χ4n) is 3.91. The Hall–Kier alpha value is -2.40. The number of aromatic nitrogens is 1. The molecule has 1 aromatic carbocycles. The topological polar surface area (TPSA) is 54.5 Å². The van der Waals surface area contributed by atoms with Crippen molar-refractivity contribution in [1.82, 2.24) is 15.2 Å². The Morgan fingerprint density at radius 2 is 1.89 bits per heavy atom. The second-order valence-corrected chi connectivity index (χ2v) is 7.73. The molecule has 28 heavy (non-hydrogen) atoms. The molecule has 0 aliphatic heterocycles. The van der Waals surface area contributed by atoms with Gasteiger partial charge in [-0.25, -0.2) is 0 Å². The summed E-state index contributed by atoms with van der Waals surface area (Å²) >= 11 is 0. The number of carbonyl (C=O) groups excluding carboxylic acids is 1. The maximum Gasteiger partial charge on any atom is 0.219 e. The molecule has 1 amide bonds. The van der Waals surface area contributed by atoms with Crippen LogP contribution >= 0.6 is 0 Å². The van der Waals surface area contributed by atoms with E-state index < -0.39 is 0 Å². The molecule has 0 saturated heterocycles. The Balaban J connectivity index is 1.63. The summed E-state index contributed by atoms with van der Waals surface area (Å²) in [5, 5.41) is 3.69. The molecule has 1 heterocycles. The summed E-state index contributed by atoms with van der Waals surface area (Å²) in [4.78, 5) is 17.9. The Morgan fingerprint density at radius 3 is 2.50 bits per heavy atom. The van der Waals surface area contributed by atoms with Crippen LogP contribution in [0.1, 0.15) is 43.9 Å². The van der Waals surface area contributed by atoms with Gasteiger partial charge in [-0.15, -0.1) is 0 Å². The van der Waals surface area contributed by atoms with E-state index in [0.29, 0.717) is 12.1 Å². The van der Waals surface area contributed by atoms with Crippen LogP contribution in [-0.4, -0.2) is 42.0 Å². The molecule has 1 aliphatic rings. The molecule has 5 heteroatoms. The third-order valence-corrected chi connectivity index (χ3v) is 5.85. The van der Waals surface area contributed by atoms with Gasteiger partial charge in [-0.3, -0.25) is 9.78 Å². The van der Waals surface area contributed by atoms with Gasteiger partial charge in [0.2, 0.25) is 5.91 Å². The Bertz CT molecular complexity index is 796. The standard InChI is InChI=1S/C23H31N3O2/c1-16-5-6-19(14-24-16)18-7-12-23(28-4)20(13-18)15-25-21-8-10-22(11-9-21)26(3)17(2)27/h5-7,12-14,21-22,25H,8-11,15H2,1-4H3. The highest BCUT2D eigenvalue weighted by Crippen LogP contribution is 2.28. The largest absolute Gasteiger partial charge is 0.496 e. The molecule has 0 spiro atoms. The Morgan fingerprint density at radius 1 is 1.18 bits per heavy atom. The summed E-state index contributed by atoms with van der Waals surface area (Å²) in [6, 6.07) is 11.3. The van der Waals surface area contributed by atoms with Crippen LogP contribution in [0.4, 0.5) is 0 Å². The molecule has 1 aliphatic carbocycles. The van der Waals surface area contributed by atoms with E-state index in [1.54, 1.807) is 14.0 Å². The van der Waals surface area contributed by atoms with Crippen LogP contribution in [0.2, 0.25) is 0 Å². The number of nitrogens with zero attached hydrogens (tertiary/aromatic N) is 2. The Kier molecular flexibility index (Phi) is 6.68. The SMILES string of the molecule is COc1ccc(-c2ccc(C)nc2)cc1CNC1CCC(N(C)C(C)=O)CC1. The maximum atomic E-state index is 11.6. The van der Waals surface area contributed by atoms with Gasteiger partial charge in [0, 0.05) is 55.6 Å². The third kappa shape index (κ3) is 4.90. The van der Waals surface area contributed by atoms with Crippen molar-refractivity contribution in [3.05, 3.63) is 47.8 Å². The minimum Gasteiger partial charge on any atom is -0.496 e. The molecular formula is C23H31N3O2. The predicted octanol–water partition coefficient (Wildman–Crippen LogP) is 3.94. The lowest BCUT2D eigenvalue weighted by Crippen LogP contribution is -2.42. The molecule has 2 aromatic rings. The molecule has 5 nitrogen and oxygen atoms in total. The summed E-state index contributed by atoms with van der Waals surface area (Å²) in [5.74, 6) is 1.06. The molecule has 1 aromatic heterocycles. The van der Waals surface area contributed by atoms with Gasteiger partial charge in [0.1, 0.15) is 5.75 Å². The zero-order valence-electron chi connectivity index (χ0n) is 17.4. The van der Waals surface area contributed by atoms with E-state index in [4.69, 9.17) is 4.74 Å². The van der Waals surface area contributed by atoms with Crippen molar-refractivity contribution >= 4 is 5.91 Å². The number of nitrogens with one attached hydrogen (secondary N) is 1. The molecule has 0 radical (unpaired) electrons. The molecule has 1 N–H and O–H groups in total. The molecule has 3 rings (SSSR count). The van der Waals surface area contributed by atoms with E-state index >= 15 is 0 Å². The number of methoxy groups -OCH3 is 1. The highest BCUT2D eigenvalue weighted by atomic mass is 16.5. The molecular weight excluding hydrogens is 350 g/mol. The number of aryl methyl sites for hydroxylation is 1. The van der Waals surface area contributed by atoms with Gasteiger partial charge >= 0.3 is 0 Å². The number of ether oxygens (including phenoxy) is 1. The monoisotopic (exact) mass is 381 g/mol. The number of hydrogen-bond donors (Lipinski definition) is 1. The summed E-state index contributed by atoms with van der Waals surface area (Å²) < 4.78 is 5.57. The van der Waals surface area contributed by atoms with Crippen molar-refractivity contribution in [2.24, 2.45) is 0 Å². The van der Waals surface area contributed by atoms with Gasteiger partial charge in [0.05, 0.1) is 7.11 Å². The van der Waals surface area contributed by atoms with Crippen LogP contribution < -0.4 is 10.1 Å². The number of carbonyl (C=O) groups is 1. The number of amides is 1. The van der Waals surface area contributed by atoms with Crippen LogP contribution in [0.3, 0.4) is 0 Å². The van der Waals surface area contributed by atoms with Crippen molar-refractivity contribution in [2.45, 2.75) is 58.2 Å². The first kappa shape index (κ1) is 20.3. The lowest BCUT2D eigenvalue weighted by Gasteiger charge is -2.34. The second-order valence-electron chi connectivity index (χ2n) is 7.73. The Labute approximate surface area is 168 Å². The highest BCUT2D eigenvalue weighted by molar-refractivity contribution is 5.73. The molecule has 1 saturated carbocycles. The number of pyridine rings is 1. The number of rotatable bonds is 6. The minimum absolute atomic E-state index is 0.156. The van der Waals surface area contributed by atoms with Crippen LogP contribution in [0, 0.1) is 6.92 Å². The van der Waals surface area contributed by atoms with Gasteiger partial charge < -0.3 is 15.0 Å². The average Bonchev–Trinajstić information content (AvgIpc) is 2.72. The second kappa shape index (κ2) is 9.20. The summed E-state index contributed by atoms with van der Waals surface area (Å²) in [6.07, 6.45) is 6.21. The first-order valence-corrected chi connectivity index (χ1v) is 10.0. The van der Waals surface area contributed by atoms with E-state index in [1.807, 2.05) is 37.2 Å². The van der Waals surface area contributed by atoms with Gasteiger partial charge in [-0.05, 0) is 56.4 Å². The van der Waals surface area contributed by atoms with E-state index in [9.17, 15) is 4.79 Å². The highest BCUT2D eigenvalue weighted by Gasteiger charge is 2.25. The first-order valence-electron chi connectivity index (χ1n) is 10.0. The summed E-state index contributed by atoms with van der Waals surface area (Å²) in [7, 11) is 3.63. The number of benzene rings is 1. The van der Waals surface area contributed by atoms with Crippen LogP contribution in [0.15, 0.2) is 36.5 Å². The van der Waals surface area contributed by atoms with Crippen molar-refractivity contribution in [2.75, 3.05) is 14.2 Å². The number of hydrogen-bond acceptors (Lipinski definition) is 4. The average molecular weight is 382 g/mol.